The average molecular weight is 154 g/mol. The van der Waals surface area contributed by atoms with E-state index in [1.165, 1.54) is 10.6 Å². The highest BCUT2D eigenvalue weighted by Gasteiger charge is 2.30. The van der Waals surface area contributed by atoms with Gasteiger partial charge < -0.3 is 5.21 Å². The summed E-state index contributed by atoms with van der Waals surface area (Å²) in [5.41, 5.74) is 1.39. The molecule has 2 aliphatic rings. The van der Waals surface area contributed by atoms with E-state index in [0.717, 1.165) is 26.1 Å². The predicted molar refractivity (Wildman–Crippen MR) is 42.5 cm³/mol. The normalized spacial score (nSPS) is 33.6. The van der Waals surface area contributed by atoms with Gasteiger partial charge in [0.2, 0.25) is 0 Å². The van der Waals surface area contributed by atoms with Crippen LogP contribution in [-0.4, -0.2) is 47.9 Å². The standard InChI is InChI=1S/C8H14N2O/c1-9-4-2-3-7-5-10(11)6-8(7)9/h3,8,11H,2,4-6H2,1H3/t8-/m1/s1. The Labute approximate surface area is 66.9 Å². The monoisotopic (exact) mass is 154 g/mol. The Morgan fingerprint density at radius 3 is 3.18 bits per heavy atom. The Hall–Kier alpha value is -0.380. The van der Waals surface area contributed by atoms with Crippen LogP contribution < -0.4 is 0 Å². The Morgan fingerprint density at radius 2 is 2.45 bits per heavy atom. The molecule has 0 aromatic rings. The molecular formula is C8H14N2O. The van der Waals surface area contributed by atoms with Crippen molar-refractivity contribution in [2.75, 3.05) is 26.7 Å². The molecule has 11 heavy (non-hydrogen) atoms. The SMILES string of the molecule is CN1CCC=C2CN(O)C[C@H]21. The average Bonchev–Trinajstić information content (AvgIpc) is 2.31. The zero-order valence-electron chi connectivity index (χ0n) is 6.82. The molecule has 2 heterocycles. The maximum atomic E-state index is 9.24. The second-order valence-electron chi connectivity index (χ2n) is 3.41. The van der Waals surface area contributed by atoms with Crippen LogP contribution in [0, 0.1) is 0 Å². The highest BCUT2D eigenvalue weighted by molar-refractivity contribution is 5.20. The number of hydrogen-bond acceptors (Lipinski definition) is 3. The van der Waals surface area contributed by atoms with Gasteiger partial charge in [-0.05, 0) is 19.0 Å². The Morgan fingerprint density at radius 1 is 1.64 bits per heavy atom. The van der Waals surface area contributed by atoms with Crippen LogP contribution in [0.2, 0.25) is 0 Å². The molecule has 2 aliphatic heterocycles. The van der Waals surface area contributed by atoms with Crippen molar-refractivity contribution in [2.45, 2.75) is 12.5 Å². The molecule has 0 radical (unpaired) electrons. The highest BCUT2D eigenvalue weighted by Crippen LogP contribution is 2.23. The van der Waals surface area contributed by atoms with Crippen LogP contribution in [0.4, 0.5) is 0 Å². The van der Waals surface area contributed by atoms with E-state index in [2.05, 4.69) is 18.0 Å². The van der Waals surface area contributed by atoms with Gasteiger partial charge in [-0.2, -0.15) is 5.06 Å². The van der Waals surface area contributed by atoms with Crippen molar-refractivity contribution in [3.05, 3.63) is 11.6 Å². The summed E-state index contributed by atoms with van der Waals surface area (Å²) in [5, 5.41) is 10.6. The predicted octanol–water partition coefficient (Wildman–Crippen LogP) is 0.322. The summed E-state index contributed by atoms with van der Waals surface area (Å²) in [4.78, 5) is 2.31. The summed E-state index contributed by atoms with van der Waals surface area (Å²) in [7, 11) is 2.12. The van der Waals surface area contributed by atoms with Crippen molar-refractivity contribution >= 4 is 0 Å². The zero-order valence-corrected chi connectivity index (χ0v) is 6.82. The second kappa shape index (κ2) is 2.59. The van der Waals surface area contributed by atoms with Crippen LogP contribution in [0.3, 0.4) is 0 Å². The first-order valence-electron chi connectivity index (χ1n) is 4.10. The second-order valence-corrected chi connectivity index (χ2v) is 3.41. The molecular weight excluding hydrogens is 140 g/mol. The van der Waals surface area contributed by atoms with Crippen LogP contribution in [0.1, 0.15) is 6.42 Å². The fourth-order valence-electron chi connectivity index (χ4n) is 1.93. The van der Waals surface area contributed by atoms with Gasteiger partial charge in [0.15, 0.2) is 0 Å². The van der Waals surface area contributed by atoms with E-state index in [9.17, 15) is 5.21 Å². The molecule has 1 N–H and O–H groups in total. The molecule has 0 aromatic carbocycles. The van der Waals surface area contributed by atoms with E-state index < -0.39 is 0 Å². The summed E-state index contributed by atoms with van der Waals surface area (Å²) < 4.78 is 0. The van der Waals surface area contributed by atoms with Gasteiger partial charge in [0.1, 0.15) is 0 Å². The van der Waals surface area contributed by atoms with Gasteiger partial charge in [0.25, 0.3) is 0 Å². The molecule has 0 aliphatic carbocycles. The minimum absolute atomic E-state index is 0.480. The largest absolute Gasteiger partial charge is 0.314 e. The van der Waals surface area contributed by atoms with E-state index in [1.807, 2.05) is 0 Å². The molecule has 3 heteroatoms. The van der Waals surface area contributed by atoms with Crippen molar-refractivity contribution in [1.82, 2.24) is 9.96 Å². The quantitative estimate of drug-likeness (QED) is 0.509. The first-order chi connectivity index (χ1) is 5.27. The third kappa shape index (κ3) is 1.20. The van der Waals surface area contributed by atoms with Crippen LogP contribution in [0.5, 0.6) is 0 Å². The minimum atomic E-state index is 0.480. The van der Waals surface area contributed by atoms with Crippen LogP contribution >= 0.6 is 0 Å². The number of hydrogen-bond donors (Lipinski definition) is 1. The maximum absolute atomic E-state index is 9.24. The van der Waals surface area contributed by atoms with E-state index in [-0.39, 0.29) is 0 Å². The van der Waals surface area contributed by atoms with Gasteiger partial charge in [0, 0.05) is 25.7 Å². The Bertz CT molecular complexity index is 191. The van der Waals surface area contributed by atoms with Crippen LogP contribution in [-0.2, 0) is 0 Å². The van der Waals surface area contributed by atoms with Crippen molar-refractivity contribution in [1.29, 1.82) is 0 Å². The first-order valence-corrected chi connectivity index (χ1v) is 4.10. The third-order valence-corrected chi connectivity index (χ3v) is 2.60. The first kappa shape index (κ1) is 7.28. The van der Waals surface area contributed by atoms with E-state index in [4.69, 9.17) is 0 Å². The minimum Gasteiger partial charge on any atom is -0.314 e. The molecule has 0 aromatic heterocycles. The van der Waals surface area contributed by atoms with E-state index >= 15 is 0 Å². The topological polar surface area (TPSA) is 26.7 Å². The lowest BCUT2D eigenvalue weighted by atomic mass is 10.0. The van der Waals surface area contributed by atoms with Crippen molar-refractivity contribution < 1.29 is 5.21 Å². The number of nitrogens with zero attached hydrogens (tertiary/aromatic N) is 2. The smallest absolute Gasteiger partial charge is 0.0468 e. The molecule has 2 rings (SSSR count). The zero-order chi connectivity index (χ0) is 7.84. The van der Waals surface area contributed by atoms with Crippen LogP contribution in [0.15, 0.2) is 11.6 Å². The maximum Gasteiger partial charge on any atom is 0.0468 e. The van der Waals surface area contributed by atoms with Gasteiger partial charge >= 0.3 is 0 Å². The summed E-state index contributed by atoms with van der Waals surface area (Å²) in [6.45, 7) is 2.65. The summed E-state index contributed by atoms with van der Waals surface area (Å²) in [5.74, 6) is 0. The lowest BCUT2D eigenvalue weighted by Crippen LogP contribution is -2.37. The highest BCUT2D eigenvalue weighted by atomic mass is 16.5. The Balaban J connectivity index is 2.17. The van der Waals surface area contributed by atoms with Gasteiger partial charge in [-0.1, -0.05) is 6.08 Å². The lowest BCUT2D eigenvalue weighted by molar-refractivity contribution is -0.0709. The molecule has 3 nitrogen and oxygen atoms in total. The summed E-state index contributed by atoms with van der Waals surface area (Å²) >= 11 is 0. The molecule has 0 amide bonds. The molecule has 0 saturated carbocycles. The van der Waals surface area contributed by atoms with Crippen molar-refractivity contribution in [3.8, 4) is 0 Å². The summed E-state index contributed by atoms with van der Waals surface area (Å²) in [6.07, 6.45) is 3.40. The number of fused-ring (bicyclic) bond motifs is 1. The van der Waals surface area contributed by atoms with E-state index in [1.54, 1.807) is 0 Å². The van der Waals surface area contributed by atoms with Gasteiger partial charge in [-0.3, -0.25) is 4.90 Å². The Kier molecular flexibility index (Phi) is 1.71. The van der Waals surface area contributed by atoms with Crippen molar-refractivity contribution in [2.24, 2.45) is 0 Å². The summed E-state index contributed by atoms with van der Waals surface area (Å²) in [6, 6.07) is 0.480. The number of rotatable bonds is 0. The lowest BCUT2D eigenvalue weighted by Gasteiger charge is -2.27. The fraction of sp³-hybridized carbons (Fsp3) is 0.750. The molecule has 0 spiro atoms. The molecule has 1 fully saturated rings. The van der Waals surface area contributed by atoms with E-state index in [0.29, 0.717) is 6.04 Å². The van der Waals surface area contributed by atoms with Gasteiger partial charge in [-0.25, -0.2) is 0 Å². The third-order valence-electron chi connectivity index (χ3n) is 2.60. The fourth-order valence-corrected chi connectivity index (χ4v) is 1.93. The molecule has 0 bridgehead atoms. The molecule has 62 valence electrons. The van der Waals surface area contributed by atoms with Crippen LogP contribution in [0.25, 0.3) is 0 Å². The van der Waals surface area contributed by atoms with Gasteiger partial charge in [0.05, 0.1) is 0 Å². The molecule has 0 unspecified atom stereocenters. The van der Waals surface area contributed by atoms with Crippen molar-refractivity contribution in [3.63, 3.8) is 0 Å². The number of likely N-dealkylation sites (N-methyl/N-ethyl adjacent to an activating group) is 1. The molecule has 1 saturated heterocycles. The number of hydroxylamine groups is 2. The van der Waals surface area contributed by atoms with Gasteiger partial charge in [-0.15, -0.1) is 0 Å². The molecule has 1 atom stereocenters.